The van der Waals surface area contributed by atoms with Gasteiger partial charge in [-0.3, -0.25) is 10.1 Å². The van der Waals surface area contributed by atoms with Crippen LogP contribution in [0, 0.1) is 0 Å². The van der Waals surface area contributed by atoms with Crippen molar-refractivity contribution < 1.29 is 18.0 Å². The van der Waals surface area contributed by atoms with Gasteiger partial charge in [-0.25, -0.2) is 4.98 Å². The lowest BCUT2D eigenvalue weighted by Crippen LogP contribution is -2.22. The van der Waals surface area contributed by atoms with Gasteiger partial charge in [-0.05, 0) is 30.3 Å². The van der Waals surface area contributed by atoms with Crippen LogP contribution in [0.5, 0.6) is 0 Å². The van der Waals surface area contributed by atoms with Crippen molar-refractivity contribution in [2.24, 2.45) is 0 Å². The molecule has 124 valence electrons. The van der Waals surface area contributed by atoms with Crippen LogP contribution in [0.3, 0.4) is 0 Å². The number of rotatable bonds is 4. The van der Waals surface area contributed by atoms with Crippen LogP contribution in [-0.2, 0) is 11.0 Å². The van der Waals surface area contributed by atoms with E-state index in [0.29, 0.717) is 5.52 Å². The molecule has 2 aromatic carbocycles. The molecule has 0 bridgehead atoms. The number of carbonyl (C=O) groups is 1. The maximum absolute atomic E-state index is 12.6. The third-order valence-corrected chi connectivity index (χ3v) is 3.29. The number of alkyl halides is 3. The number of nitrogens with one attached hydrogen (secondary N) is 3. The molecule has 0 saturated heterocycles. The van der Waals surface area contributed by atoms with Gasteiger partial charge in [-0.2, -0.15) is 13.2 Å². The first kappa shape index (κ1) is 15.9. The van der Waals surface area contributed by atoms with Gasteiger partial charge in [0.25, 0.3) is 0 Å². The highest BCUT2D eigenvalue weighted by Crippen LogP contribution is 2.30. The van der Waals surface area contributed by atoms with Crippen LogP contribution >= 0.6 is 0 Å². The quantitative estimate of drug-likeness (QED) is 0.682. The molecule has 8 heteroatoms. The summed E-state index contributed by atoms with van der Waals surface area (Å²) in [6, 6.07) is 11.9. The molecule has 1 aromatic heterocycles. The van der Waals surface area contributed by atoms with Crippen LogP contribution in [0.15, 0.2) is 48.5 Å². The number of anilines is 2. The summed E-state index contributed by atoms with van der Waals surface area (Å²) in [6.07, 6.45) is -4.42. The molecule has 0 radical (unpaired) electrons. The van der Waals surface area contributed by atoms with E-state index in [0.717, 1.165) is 17.6 Å². The highest BCUT2D eigenvalue weighted by Gasteiger charge is 2.30. The van der Waals surface area contributed by atoms with Gasteiger partial charge in [0.15, 0.2) is 0 Å². The zero-order valence-electron chi connectivity index (χ0n) is 12.3. The topological polar surface area (TPSA) is 69.8 Å². The second-order valence-corrected chi connectivity index (χ2v) is 5.08. The van der Waals surface area contributed by atoms with Crippen LogP contribution in [0.25, 0.3) is 11.0 Å². The van der Waals surface area contributed by atoms with E-state index in [-0.39, 0.29) is 18.2 Å². The van der Waals surface area contributed by atoms with Crippen molar-refractivity contribution in [3.8, 4) is 0 Å². The fourth-order valence-corrected chi connectivity index (χ4v) is 2.18. The summed E-state index contributed by atoms with van der Waals surface area (Å²) in [5.74, 6) is -0.140. The number of hydrogen-bond acceptors (Lipinski definition) is 3. The first-order valence-corrected chi connectivity index (χ1v) is 7.07. The number of nitrogens with zero attached hydrogens (tertiary/aromatic N) is 1. The van der Waals surface area contributed by atoms with Crippen molar-refractivity contribution in [1.82, 2.24) is 9.97 Å². The number of benzene rings is 2. The molecule has 0 aliphatic carbocycles. The molecule has 5 nitrogen and oxygen atoms in total. The Labute approximate surface area is 134 Å². The Morgan fingerprint density at radius 1 is 1.12 bits per heavy atom. The summed E-state index contributed by atoms with van der Waals surface area (Å²) in [5, 5.41) is 5.21. The number of imidazole rings is 1. The summed E-state index contributed by atoms with van der Waals surface area (Å²) in [5.41, 5.74) is 0.923. The standard InChI is InChI=1S/C16H13F3N4O/c17-16(18,19)10-4-3-5-11(8-10)20-9-14(24)23-15-21-12-6-1-2-7-13(12)22-15/h1-8,20H,9H2,(H2,21,22,23,24). The molecule has 3 N–H and O–H groups in total. The van der Waals surface area contributed by atoms with E-state index < -0.39 is 17.6 Å². The first-order valence-electron chi connectivity index (χ1n) is 7.07. The fraction of sp³-hybridized carbons (Fsp3) is 0.125. The molecular formula is C16H13F3N4O. The van der Waals surface area contributed by atoms with Gasteiger partial charge in [-0.15, -0.1) is 0 Å². The molecule has 1 heterocycles. The number of H-pyrrole nitrogens is 1. The number of halogens is 3. The monoisotopic (exact) mass is 334 g/mol. The number of fused-ring (bicyclic) bond motifs is 1. The van der Waals surface area contributed by atoms with E-state index in [2.05, 4.69) is 20.6 Å². The molecule has 24 heavy (non-hydrogen) atoms. The predicted octanol–water partition coefficient (Wildman–Crippen LogP) is 3.63. The van der Waals surface area contributed by atoms with Gasteiger partial charge >= 0.3 is 6.18 Å². The lowest BCUT2D eigenvalue weighted by atomic mass is 10.2. The third-order valence-electron chi connectivity index (χ3n) is 3.29. The molecular weight excluding hydrogens is 321 g/mol. The van der Waals surface area contributed by atoms with Crippen LogP contribution in [-0.4, -0.2) is 22.4 Å². The van der Waals surface area contributed by atoms with Crippen molar-refractivity contribution in [1.29, 1.82) is 0 Å². The Morgan fingerprint density at radius 2 is 1.92 bits per heavy atom. The van der Waals surface area contributed by atoms with Gasteiger partial charge in [-0.1, -0.05) is 18.2 Å². The number of amides is 1. The van der Waals surface area contributed by atoms with E-state index in [4.69, 9.17) is 0 Å². The Kier molecular flexibility index (Phi) is 4.11. The average molecular weight is 334 g/mol. The highest BCUT2D eigenvalue weighted by molar-refractivity contribution is 5.93. The minimum absolute atomic E-state index is 0.182. The second kappa shape index (κ2) is 6.23. The molecule has 0 spiro atoms. The van der Waals surface area contributed by atoms with E-state index in [1.54, 1.807) is 6.07 Å². The molecule has 3 aromatic rings. The zero-order chi connectivity index (χ0) is 17.2. The van der Waals surface area contributed by atoms with Crippen LogP contribution in [0.4, 0.5) is 24.8 Å². The molecule has 0 unspecified atom stereocenters. The van der Waals surface area contributed by atoms with Gasteiger partial charge in [0, 0.05) is 5.69 Å². The number of hydrogen-bond donors (Lipinski definition) is 3. The van der Waals surface area contributed by atoms with E-state index in [9.17, 15) is 18.0 Å². The first-order chi connectivity index (χ1) is 11.4. The lowest BCUT2D eigenvalue weighted by molar-refractivity contribution is -0.137. The van der Waals surface area contributed by atoms with Crippen molar-refractivity contribution in [3.63, 3.8) is 0 Å². The number of aromatic amines is 1. The average Bonchev–Trinajstić information content (AvgIpc) is 2.94. The molecule has 0 atom stereocenters. The van der Waals surface area contributed by atoms with Crippen molar-refractivity contribution in [2.45, 2.75) is 6.18 Å². The summed E-state index contributed by atoms with van der Waals surface area (Å²) in [7, 11) is 0. The van der Waals surface area contributed by atoms with E-state index >= 15 is 0 Å². The van der Waals surface area contributed by atoms with Crippen molar-refractivity contribution in [3.05, 3.63) is 54.1 Å². The lowest BCUT2D eigenvalue weighted by Gasteiger charge is -2.10. The molecule has 1 amide bonds. The number of carbonyl (C=O) groups excluding carboxylic acids is 1. The molecule has 0 aliphatic rings. The zero-order valence-corrected chi connectivity index (χ0v) is 12.3. The largest absolute Gasteiger partial charge is 0.416 e. The number of aromatic nitrogens is 2. The van der Waals surface area contributed by atoms with Gasteiger partial charge in [0.05, 0.1) is 23.1 Å². The van der Waals surface area contributed by atoms with Gasteiger partial charge in [0.1, 0.15) is 0 Å². The third kappa shape index (κ3) is 3.65. The Hall–Kier alpha value is -3.03. The summed E-state index contributed by atoms with van der Waals surface area (Å²) >= 11 is 0. The van der Waals surface area contributed by atoms with Crippen LogP contribution in [0.1, 0.15) is 5.56 Å². The minimum Gasteiger partial charge on any atom is -0.376 e. The molecule has 0 aliphatic heterocycles. The Morgan fingerprint density at radius 3 is 2.67 bits per heavy atom. The Balaban J connectivity index is 1.61. The molecule has 0 saturated carbocycles. The smallest absolute Gasteiger partial charge is 0.376 e. The summed E-state index contributed by atoms with van der Waals surface area (Å²) in [6.45, 7) is -0.182. The summed E-state index contributed by atoms with van der Waals surface area (Å²) < 4.78 is 37.9. The van der Waals surface area contributed by atoms with Gasteiger partial charge in [0.2, 0.25) is 11.9 Å². The second-order valence-electron chi connectivity index (χ2n) is 5.08. The van der Waals surface area contributed by atoms with E-state index in [1.807, 2.05) is 18.2 Å². The van der Waals surface area contributed by atoms with Crippen LogP contribution in [0.2, 0.25) is 0 Å². The number of para-hydroxylation sites is 2. The fourth-order valence-electron chi connectivity index (χ4n) is 2.18. The maximum Gasteiger partial charge on any atom is 0.416 e. The van der Waals surface area contributed by atoms with E-state index in [1.165, 1.54) is 12.1 Å². The van der Waals surface area contributed by atoms with Crippen LogP contribution < -0.4 is 10.6 Å². The van der Waals surface area contributed by atoms with Crippen molar-refractivity contribution >= 4 is 28.6 Å². The van der Waals surface area contributed by atoms with Crippen molar-refractivity contribution in [2.75, 3.05) is 17.2 Å². The minimum atomic E-state index is -4.42. The predicted molar refractivity (Wildman–Crippen MR) is 84.7 cm³/mol. The SMILES string of the molecule is O=C(CNc1cccc(C(F)(F)F)c1)Nc1nc2ccccc2[nH]1. The normalized spacial score (nSPS) is 11.5. The van der Waals surface area contributed by atoms with Gasteiger partial charge < -0.3 is 10.3 Å². The Bertz CT molecular complexity index is 840. The maximum atomic E-state index is 12.6. The highest BCUT2D eigenvalue weighted by atomic mass is 19.4. The molecule has 3 rings (SSSR count). The molecule has 0 fully saturated rings. The summed E-state index contributed by atoms with van der Waals surface area (Å²) in [4.78, 5) is 19.0.